The maximum Gasteiger partial charge on any atom is 0.199 e. The lowest BCUT2D eigenvalue weighted by Crippen LogP contribution is -2.44. The van der Waals surface area contributed by atoms with Gasteiger partial charge in [0.15, 0.2) is 6.29 Å². The summed E-state index contributed by atoms with van der Waals surface area (Å²) in [5.41, 5.74) is 4.94. The van der Waals surface area contributed by atoms with Crippen molar-refractivity contribution in [3.8, 4) is 5.75 Å². The maximum atomic E-state index is 9.54. The van der Waals surface area contributed by atoms with E-state index in [1.54, 1.807) is 5.56 Å². The van der Waals surface area contributed by atoms with Gasteiger partial charge in [-0.2, -0.15) is 0 Å². The molecule has 4 aliphatic rings. The quantitative estimate of drug-likeness (QED) is 0.619. The zero-order valence-corrected chi connectivity index (χ0v) is 18.7. The third-order valence-electron chi connectivity index (χ3n) is 8.99. The van der Waals surface area contributed by atoms with E-state index in [4.69, 9.17) is 9.47 Å². The van der Waals surface area contributed by atoms with Crippen LogP contribution < -0.4 is 4.74 Å². The third-order valence-corrected chi connectivity index (χ3v) is 8.99. The Bertz CT molecular complexity index is 793. The van der Waals surface area contributed by atoms with Crippen LogP contribution in [0.15, 0.2) is 29.8 Å². The topological polar surface area (TPSA) is 38.7 Å². The average molecular weight is 411 g/mol. The molecule has 6 atom stereocenters. The first-order valence-corrected chi connectivity index (χ1v) is 12.4. The Morgan fingerprint density at radius 1 is 1.23 bits per heavy atom. The molecule has 0 bridgehead atoms. The first kappa shape index (κ1) is 20.6. The number of allylic oxidation sites excluding steroid dienone is 1. The van der Waals surface area contributed by atoms with Crippen LogP contribution in [-0.2, 0) is 11.2 Å². The minimum absolute atomic E-state index is 0.0688. The number of fused-ring (bicyclic) bond motifs is 5. The van der Waals surface area contributed by atoms with Gasteiger partial charge in [-0.25, -0.2) is 0 Å². The monoisotopic (exact) mass is 410 g/mol. The molecule has 0 radical (unpaired) electrons. The van der Waals surface area contributed by atoms with E-state index in [2.05, 4.69) is 38.1 Å². The van der Waals surface area contributed by atoms with Gasteiger partial charge < -0.3 is 14.6 Å². The Kier molecular flexibility index (Phi) is 5.70. The number of aliphatic hydroxyl groups is 1. The van der Waals surface area contributed by atoms with E-state index < -0.39 is 0 Å². The van der Waals surface area contributed by atoms with E-state index in [0.717, 1.165) is 43.0 Å². The fourth-order valence-corrected chi connectivity index (χ4v) is 7.49. The third kappa shape index (κ3) is 3.42. The highest BCUT2D eigenvalue weighted by atomic mass is 16.7. The number of aliphatic hydroxyl groups excluding tert-OH is 1. The first-order chi connectivity index (χ1) is 14.6. The predicted molar refractivity (Wildman–Crippen MR) is 120 cm³/mol. The van der Waals surface area contributed by atoms with Gasteiger partial charge in [-0.1, -0.05) is 38.0 Å². The lowest BCUT2D eigenvalue weighted by molar-refractivity contribution is -0.105. The Morgan fingerprint density at radius 3 is 2.90 bits per heavy atom. The van der Waals surface area contributed by atoms with Crippen LogP contribution in [0.25, 0.3) is 0 Å². The fraction of sp³-hybridized carbons (Fsp3) is 0.704. The maximum absolute atomic E-state index is 9.54. The highest BCUT2D eigenvalue weighted by Gasteiger charge is 2.54. The minimum Gasteiger partial charge on any atom is -0.465 e. The second-order valence-electron chi connectivity index (χ2n) is 10.3. The van der Waals surface area contributed by atoms with Crippen molar-refractivity contribution in [3.63, 3.8) is 0 Å². The summed E-state index contributed by atoms with van der Waals surface area (Å²) >= 11 is 0. The summed E-state index contributed by atoms with van der Waals surface area (Å²) in [6.07, 6.45) is 12.9. The average Bonchev–Trinajstić information content (AvgIpc) is 3.10. The van der Waals surface area contributed by atoms with Crippen molar-refractivity contribution >= 4 is 0 Å². The normalized spacial score (nSPS) is 39.3. The molecule has 1 heterocycles. The van der Waals surface area contributed by atoms with Crippen LogP contribution in [0.1, 0.15) is 82.3 Å². The zero-order valence-electron chi connectivity index (χ0n) is 18.7. The molecule has 0 aromatic heterocycles. The van der Waals surface area contributed by atoms with Gasteiger partial charge in [-0.05, 0) is 97.3 Å². The van der Waals surface area contributed by atoms with Crippen molar-refractivity contribution in [2.45, 2.75) is 83.8 Å². The number of ether oxygens (including phenoxy) is 2. The zero-order chi connectivity index (χ0) is 20.7. The Hall–Kier alpha value is -1.32. The molecule has 1 N–H and O–H groups in total. The summed E-state index contributed by atoms with van der Waals surface area (Å²) in [6, 6.07) is 6.89. The Labute approximate surface area is 181 Å². The van der Waals surface area contributed by atoms with Crippen LogP contribution in [-0.4, -0.2) is 24.6 Å². The van der Waals surface area contributed by atoms with Crippen molar-refractivity contribution in [3.05, 3.63) is 41.0 Å². The van der Waals surface area contributed by atoms with E-state index in [0.29, 0.717) is 11.3 Å². The summed E-state index contributed by atoms with van der Waals surface area (Å²) in [5.74, 6) is 3.97. The molecule has 0 spiro atoms. The van der Waals surface area contributed by atoms with Gasteiger partial charge in [0.1, 0.15) is 5.75 Å². The van der Waals surface area contributed by atoms with Gasteiger partial charge in [-0.3, -0.25) is 0 Å². The minimum atomic E-state index is -0.0688. The van der Waals surface area contributed by atoms with Gasteiger partial charge in [0.05, 0.1) is 13.2 Å². The van der Waals surface area contributed by atoms with Crippen LogP contribution in [0.2, 0.25) is 0 Å². The van der Waals surface area contributed by atoms with Crippen LogP contribution in [0.4, 0.5) is 0 Å². The molecule has 1 aromatic rings. The molecule has 3 heteroatoms. The second-order valence-corrected chi connectivity index (χ2v) is 10.3. The van der Waals surface area contributed by atoms with Crippen LogP contribution in [0.3, 0.4) is 0 Å². The molecule has 5 rings (SSSR count). The molecule has 3 nitrogen and oxygen atoms in total. The van der Waals surface area contributed by atoms with Crippen molar-refractivity contribution < 1.29 is 14.6 Å². The van der Waals surface area contributed by atoms with E-state index in [-0.39, 0.29) is 12.9 Å². The molecule has 0 amide bonds. The molecule has 6 unspecified atom stereocenters. The first-order valence-electron chi connectivity index (χ1n) is 12.4. The highest BCUT2D eigenvalue weighted by Crippen LogP contribution is 2.64. The van der Waals surface area contributed by atoms with Crippen LogP contribution in [0.5, 0.6) is 5.75 Å². The largest absolute Gasteiger partial charge is 0.465 e. The number of benzene rings is 1. The second kappa shape index (κ2) is 8.31. The summed E-state index contributed by atoms with van der Waals surface area (Å²) in [7, 11) is 0. The summed E-state index contributed by atoms with van der Waals surface area (Å²) in [4.78, 5) is 0. The lowest BCUT2D eigenvalue weighted by Gasteiger charge is -2.52. The van der Waals surface area contributed by atoms with Crippen LogP contribution in [0, 0.1) is 23.2 Å². The molecule has 3 aliphatic carbocycles. The highest BCUT2D eigenvalue weighted by molar-refractivity contribution is 5.42. The van der Waals surface area contributed by atoms with Gasteiger partial charge in [-0.15, -0.1) is 0 Å². The predicted octanol–water partition coefficient (Wildman–Crippen LogP) is 6.00. The molecule has 164 valence electrons. The van der Waals surface area contributed by atoms with Crippen molar-refractivity contribution in [2.75, 3.05) is 13.2 Å². The standard InChI is InChI=1S/C27H38O3/c1-3-18-16-19-17-21(30-25-6-4-5-15-29-25)8-9-22(19)23-11-13-27(2)20(12-14-28)7-10-24(27)26(18)23/h8-9,12,17-18,23-26,28H,3-7,10-11,13-16H2,1-2H3/b20-12+. The van der Waals surface area contributed by atoms with Gasteiger partial charge in [0, 0.05) is 6.42 Å². The molecule has 30 heavy (non-hydrogen) atoms. The molecule has 1 saturated heterocycles. The molecule has 1 aliphatic heterocycles. The van der Waals surface area contributed by atoms with E-state index in [1.165, 1.54) is 56.1 Å². The molecular formula is C27H38O3. The SMILES string of the molecule is CCC1Cc2cc(OC3CCCCO3)ccc2C2CCC3(C)/C(=C/CO)CCC3C12. The van der Waals surface area contributed by atoms with E-state index in [9.17, 15) is 5.11 Å². The Morgan fingerprint density at radius 2 is 2.13 bits per heavy atom. The molecular weight excluding hydrogens is 372 g/mol. The van der Waals surface area contributed by atoms with Gasteiger partial charge in [0.25, 0.3) is 0 Å². The summed E-state index contributed by atoms with van der Waals surface area (Å²) in [6.45, 7) is 5.89. The Balaban J connectivity index is 1.42. The van der Waals surface area contributed by atoms with Gasteiger partial charge >= 0.3 is 0 Å². The summed E-state index contributed by atoms with van der Waals surface area (Å²) < 4.78 is 12.0. The number of hydrogen-bond acceptors (Lipinski definition) is 3. The van der Waals surface area contributed by atoms with Crippen molar-refractivity contribution in [1.82, 2.24) is 0 Å². The van der Waals surface area contributed by atoms with E-state index in [1.807, 2.05) is 0 Å². The van der Waals surface area contributed by atoms with Crippen LogP contribution >= 0.6 is 0 Å². The molecule has 3 fully saturated rings. The number of rotatable bonds is 4. The lowest BCUT2D eigenvalue weighted by atomic mass is 9.52. The van der Waals surface area contributed by atoms with Crippen molar-refractivity contribution in [2.24, 2.45) is 23.2 Å². The van der Waals surface area contributed by atoms with E-state index >= 15 is 0 Å². The number of hydrogen-bond donors (Lipinski definition) is 1. The summed E-state index contributed by atoms with van der Waals surface area (Å²) in [5, 5.41) is 9.54. The molecule has 2 saturated carbocycles. The van der Waals surface area contributed by atoms with Gasteiger partial charge in [0.2, 0.25) is 0 Å². The smallest absolute Gasteiger partial charge is 0.199 e. The fourth-order valence-electron chi connectivity index (χ4n) is 7.49. The van der Waals surface area contributed by atoms with Crippen molar-refractivity contribution in [1.29, 1.82) is 0 Å². The molecule has 1 aromatic carbocycles.